The molecule has 1 aliphatic heterocycles. The molecule has 5 heteroatoms. The summed E-state index contributed by atoms with van der Waals surface area (Å²) in [4.78, 5) is 14.1. The molecule has 1 fully saturated rings. The summed E-state index contributed by atoms with van der Waals surface area (Å²) in [6.07, 6.45) is 1.50. The Balaban J connectivity index is 1.98. The number of aliphatic hydroxyl groups is 2. The Morgan fingerprint density at radius 2 is 2.17 bits per heavy atom. The second-order valence-electron chi connectivity index (χ2n) is 6.44. The van der Waals surface area contributed by atoms with Gasteiger partial charge in [0.05, 0.1) is 12.7 Å². The molecule has 128 valence electrons. The zero-order valence-corrected chi connectivity index (χ0v) is 14.0. The number of aryl methyl sites for hydroxylation is 1. The van der Waals surface area contributed by atoms with Crippen molar-refractivity contribution < 1.29 is 19.7 Å². The van der Waals surface area contributed by atoms with E-state index in [4.69, 9.17) is 4.74 Å². The molecule has 2 atom stereocenters. The third-order valence-electron chi connectivity index (χ3n) is 4.75. The maximum absolute atomic E-state index is 12.4. The lowest BCUT2D eigenvalue weighted by Gasteiger charge is -2.45. The van der Waals surface area contributed by atoms with Gasteiger partial charge in [0.15, 0.2) is 6.61 Å². The van der Waals surface area contributed by atoms with Crippen molar-refractivity contribution in [3.05, 3.63) is 29.8 Å². The van der Waals surface area contributed by atoms with Crippen LogP contribution in [0.5, 0.6) is 5.75 Å². The number of carbonyl (C=O) groups excluding carboxylic acids is 1. The van der Waals surface area contributed by atoms with Gasteiger partial charge in [-0.3, -0.25) is 4.79 Å². The summed E-state index contributed by atoms with van der Waals surface area (Å²) in [5, 5.41) is 20.0. The van der Waals surface area contributed by atoms with Crippen LogP contribution in [0.4, 0.5) is 0 Å². The van der Waals surface area contributed by atoms with Gasteiger partial charge in [-0.25, -0.2) is 0 Å². The average molecular weight is 321 g/mol. The summed E-state index contributed by atoms with van der Waals surface area (Å²) in [6, 6.07) is 7.59. The van der Waals surface area contributed by atoms with Crippen molar-refractivity contribution in [1.29, 1.82) is 0 Å². The van der Waals surface area contributed by atoms with Crippen molar-refractivity contribution in [1.82, 2.24) is 4.90 Å². The molecule has 2 N–H and O–H groups in total. The number of benzene rings is 1. The second-order valence-corrected chi connectivity index (χ2v) is 6.44. The van der Waals surface area contributed by atoms with E-state index in [2.05, 4.69) is 0 Å². The Labute approximate surface area is 137 Å². The Bertz CT molecular complexity index is 534. The molecule has 1 heterocycles. The fraction of sp³-hybridized carbons (Fsp3) is 0.611. The Kier molecular flexibility index (Phi) is 6.02. The molecule has 1 amide bonds. The average Bonchev–Trinajstić information content (AvgIpc) is 2.56. The number of ether oxygens (including phenoxy) is 1. The smallest absolute Gasteiger partial charge is 0.260 e. The molecule has 0 aromatic heterocycles. The first-order valence-corrected chi connectivity index (χ1v) is 8.27. The fourth-order valence-corrected chi connectivity index (χ4v) is 3.29. The standard InChI is InChI=1S/C18H27NO4/c1-3-9-18(13-20)12-19(10-8-16(18)21)17(22)11-23-15-7-5-4-6-14(15)2/h4-7,16,20-21H,3,8-13H2,1-2H3/t16-,18+/m1/s1. The molecule has 1 saturated heterocycles. The van der Waals surface area contributed by atoms with E-state index in [0.717, 1.165) is 12.0 Å². The number of rotatable bonds is 6. The SMILES string of the molecule is CCC[C@@]1(CO)CN(C(=O)COc2ccccc2C)CC[C@H]1O. The molecular weight excluding hydrogens is 294 g/mol. The van der Waals surface area contributed by atoms with E-state index in [9.17, 15) is 15.0 Å². The van der Waals surface area contributed by atoms with E-state index in [1.54, 1.807) is 4.90 Å². The van der Waals surface area contributed by atoms with Gasteiger partial charge in [0, 0.05) is 18.5 Å². The van der Waals surface area contributed by atoms with Crippen LogP contribution in [0.1, 0.15) is 31.7 Å². The van der Waals surface area contributed by atoms with Gasteiger partial charge >= 0.3 is 0 Å². The van der Waals surface area contributed by atoms with Gasteiger partial charge < -0.3 is 19.8 Å². The lowest BCUT2D eigenvalue weighted by molar-refractivity contribution is -0.144. The Hall–Kier alpha value is -1.59. The van der Waals surface area contributed by atoms with Crippen molar-refractivity contribution >= 4 is 5.91 Å². The first-order valence-electron chi connectivity index (χ1n) is 8.27. The van der Waals surface area contributed by atoms with Crippen LogP contribution in [-0.2, 0) is 4.79 Å². The normalized spacial score (nSPS) is 24.5. The van der Waals surface area contributed by atoms with E-state index >= 15 is 0 Å². The minimum atomic E-state index is -0.606. The predicted octanol–water partition coefficient (Wildman–Crippen LogP) is 1.75. The summed E-state index contributed by atoms with van der Waals surface area (Å²) < 4.78 is 5.62. The quantitative estimate of drug-likeness (QED) is 0.837. The van der Waals surface area contributed by atoms with Gasteiger partial charge in [-0.15, -0.1) is 0 Å². The predicted molar refractivity (Wildman–Crippen MR) is 88.3 cm³/mol. The zero-order valence-electron chi connectivity index (χ0n) is 14.0. The number of amides is 1. The first kappa shape index (κ1) is 17.8. The highest BCUT2D eigenvalue weighted by Crippen LogP contribution is 2.34. The van der Waals surface area contributed by atoms with Gasteiger partial charge in [-0.2, -0.15) is 0 Å². The van der Waals surface area contributed by atoms with E-state index in [1.165, 1.54) is 0 Å². The number of nitrogens with zero attached hydrogens (tertiary/aromatic N) is 1. The third kappa shape index (κ3) is 4.03. The summed E-state index contributed by atoms with van der Waals surface area (Å²) in [5.74, 6) is 0.606. The van der Waals surface area contributed by atoms with Gasteiger partial charge in [-0.1, -0.05) is 31.5 Å². The number of hydrogen-bond acceptors (Lipinski definition) is 4. The van der Waals surface area contributed by atoms with Gasteiger partial charge in [0.2, 0.25) is 0 Å². The summed E-state index contributed by atoms with van der Waals surface area (Å²) in [6.45, 7) is 4.72. The van der Waals surface area contributed by atoms with Crippen LogP contribution in [0.15, 0.2) is 24.3 Å². The van der Waals surface area contributed by atoms with E-state index < -0.39 is 11.5 Å². The second kappa shape index (κ2) is 7.79. The van der Waals surface area contributed by atoms with Crippen LogP contribution in [0.3, 0.4) is 0 Å². The highest BCUT2D eigenvalue weighted by atomic mass is 16.5. The molecule has 0 spiro atoms. The Morgan fingerprint density at radius 1 is 1.43 bits per heavy atom. The Morgan fingerprint density at radius 3 is 2.83 bits per heavy atom. The minimum Gasteiger partial charge on any atom is -0.484 e. The molecule has 0 unspecified atom stereocenters. The van der Waals surface area contributed by atoms with Crippen LogP contribution >= 0.6 is 0 Å². The minimum absolute atomic E-state index is 0.0193. The molecule has 0 radical (unpaired) electrons. The molecular formula is C18H27NO4. The van der Waals surface area contributed by atoms with Crippen LogP contribution in [0.2, 0.25) is 0 Å². The van der Waals surface area contributed by atoms with E-state index in [-0.39, 0.29) is 19.1 Å². The van der Waals surface area contributed by atoms with Crippen molar-refractivity contribution in [3.8, 4) is 5.75 Å². The fourth-order valence-electron chi connectivity index (χ4n) is 3.29. The van der Waals surface area contributed by atoms with Gasteiger partial charge in [-0.05, 0) is 31.4 Å². The highest BCUT2D eigenvalue weighted by Gasteiger charge is 2.42. The van der Waals surface area contributed by atoms with Crippen molar-refractivity contribution in [2.75, 3.05) is 26.3 Å². The first-order chi connectivity index (χ1) is 11.0. The molecule has 1 aromatic rings. The van der Waals surface area contributed by atoms with Gasteiger partial charge in [0.1, 0.15) is 5.75 Å². The largest absolute Gasteiger partial charge is 0.484 e. The van der Waals surface area contributed by atoms with Crippen LogP contribution < -0.4 is 4.74 Å². The van der Waals surface area contributed by atoms with Crippen LogP contribution in [0.25, 0.3) is 0 Å². The summed E-state index contributed by atoms with van der Waals surface area (Å²) in [5.41, 5.74) is 0.385. The number of carbonyl (C=O) groups is 1. The topological polar surface area (TPSA) is 70.0 Å². The van der Waals surface area contributed by atoms with Crippen molar-refractivity contribution in [3.63, 3.8) is 0 Å². The number of aliphatic hydroxyl groups excluding tert-OH is 2. The number of likely N-dealkylation sites (tertiary alicyclic amines) is 1. The number of para-hydroxylation sites is 1. The number of hydrogen-bond donors (Lipinski definition) is 2. The van der Waals surface area contributed by atoms with Crippen molar-refractivity contribution in [2.45, 2.75) is 39.2 Å². The molecule has 0 saturated carbocycles. The van der Waals surface area contributed by atoms with Crippen molar-refractivity contribution in [2.24, 2.45) is 5.41 Å². The molecule has 2 rings (SSSR count). The number of piperidine rings is 1. The summed E-state index contributed by atoms with van der Waals surface area (Å²) >= 11 is 0. The van der Waals surface area contributed by atoms with Crippen LogP contribution in [-0.4, -0.2) is 53.4 Å². The van der Waals surface area contributed by atoms with Gasteiger partial charge in [0.25, 0.3) is 5.91 Å². The molecule has 0 bridgehead atoms. The monoisotopic (exact) mass is 321 g/mol. The highest BCUT2D eigenvalue weighted by molar-refractivity contribution is 5.78. The summed E-state index contributed by atoms with van der Waals surface area (Å²) in [7, 11) is 0. The zero-order chi connectivity index (χ0) is 16.9. The molecule has 1 aromatic carbocycles. The molecule has 0 aliphatic carbocycles. The lowest BCUT2D eigenvalue weighted by Crippen LogP contribution is -2.56. The molecule has 1 aliphatic rings. The third-order valence-corrected chi connectivity index (χ3v) is 4.75. The maximum Gasteiger partial charge on any atom is 0.260 e. The van der Waals surface area contributed by atoms with Crippen LogP contribution in [0, 0.1) is 12.3 Å². The van der Waals surface area contributed by atoms with E-state index in [0.29, 0.717) is 31.7 Å². The molecule has 5 nitrogen and oxygen atoms in total. The lowest BCUT2D eigenvalue weighted by atomic mass is 9.74. The maximum atomic E-state index is 12.4. The van der Waals surface area contributed by atoms with E-state index in [1.807, 2.05) is 38.1 Å². The molecule has 23 heavy (non-hydrogen) atoms.